The van der Waals surface area contributed by atoms with Crippen LogP contribution in [0, 0.1) is 28.4 Å². The van der Waals surface area contributed by atoms with Crippen molar-refractivity contribution in [1.82, 2.24) is 4.98 Å². The summed E-state index contributed by atoms with van der Waals surface area (Å²) in [7, 11) is 1.65. The first-order chi connectivity index (χ1) is 10.0. The van der Waals surface area contributed by atoms with Crippen molar-refractivity contribution < 1.29 is 9.66 Å². The zero-order chi connectivity index (χ0) is 15.4. The molecule has 0 aliphatic carbocycles. The normalized spacial score (nSPS) is 9.76. The second-order valence-electron chi connectivity index (χ2n) is 4.22. The number of aromatic nitrogens is 1. The van der Waals surface area contributed by atoms with E-state index in [1.54, 1.807) is 26.1 Å². The van der Waals surface area contributed by atoms with Gasteiger partial charge < -0.3 is 10.1 Å². The molecular weight excluding hydrogens is 272 g/mol. The predicted octanol–water partition coefficient (Wildman–Crippen LogP) is 3.00. The zero-order valence-corrected chi connectivity index (χ0v) is 11.5. The molecule has 0 saturated carbocycles. The molecule has 21 heavy (non-hydrogen) atoms. The first-order valence-corrected chi connectivity index (χ1v) is 6.07. The number of nitro groups is 1. The number of benzene rings is 1. The molecule has 0 saturated heterocycles. The largest absolute Gasteiger partial charge is 0.433 e. The molecule has 1 aromatic heterocycles. The van der Waals surface area contributed by atoms with E-state index < -0.39 is 4.92 Å². The van der Waals surface area contributed by atoms with Gasteiger partial charge in [-0.05, 0) is 30.7 Å². The van der Waals surface area contributed by atoms with E-state index in [9.17, 15) is 10.1 Å². The van der Waals surface area contributed by atoms with Crippen LogP contribution in [0.15, 0.2) is 30.3 Å². The van der Waals surface area contributed by atoms with E-state index in [-0.39, 0.29) is 11.6 Å². The number of hydrogen-bond acceptors (Lipinski definition) is 6. The monoisotopic (exact) mass is 284 g/mol. The average molecular weight is 284 g/mol. The lowest BCUT2D eigenvalue weighted by molar-refractivity contribution is -0.386. The van der Waals surface area contributed by atoms with Crippen LogP contribution < -0.4 is 10.1 Å². The molecule has 0 amide bonds. The molecule has 0 aliphatic heterocycles. The van der Waals surface area contributed by atoms with E-state index in [4.69, 9.17) is 10.00 Å². The minimum Gasteiger partial charge on any atom is -0.433 e. The van der Waals surface area contributed by atoms with Gasteiger partial charge in [0.1, 0.15) is 11.6 Å². The zero-order valence-electron chi connectivity index (χ0n) is 11.5. The van der Waals surface area contributed by atoms with Crippen molar-refractivity contribution in [3.05, 3.63) is 51.6 Å². The molecule has 7 heteroatoms. The number of pyridine rings is 1. The maximum atomic E-state index is 11.0. The lowest BCUT2D eigenvalue weighted by Crippen LogP contribution is -2.00. The van der Waals surface area contributed by atoms with Crippen molar-refractivity contribution in [1.29, 1.82) is 5.26 Å². The number of rotatable bonds is 4. The summed E-state index contributed by atoms with van der Waals surface area (Å²) in [6, 6.07) is 9.68. The Kier molecular flexibility index (Phi) is 4.00. The minimum atomic E-state index is -0.564. The van der Waals surface area contributed by atoms with E-state index in [2.05, 4.69) is 10.3 Å². The number of nitrogens with one attached hydrogen (secondary N) is 1. The summed E-state index contributed by atoms with van der Waals surface area (Å²) in [5.74, 6) is 0.688. The van der Waals surface area contributed by atoms with Gasteiger partial charge in [-0.1, -0.05) is 6.07 Å². The number of aryl methyl sites for hydroxylation is 1. The lowest BCUT2D eigenvalue weighted by atomic mass is 10.1. The number of nitrogens with zero attached hydrogens (tertiary/aromatic N) is 3. The third-order valence-corrected chi connectivity index (χ3v) is 2.82. The molecule has 106 valence electrons. The van der Waals surface area contributed by atoms with E-state index in [0.29, 0.717) is 17.1 Å². The smallest absolute Gasteiger partial charge is 0.331 e. The molecule has 7 nitrogen and oxygen atoms in total. The standard InChI is InChI=1S/C14H12N4O3/c1-9-3-4-10(8-15)7-12(9)21-14-11(18(19)20)5-6-13(16-2)17-14/h3-7H,1-2H3,(H,16,17). The number of nitriles is 1. The number of anilines is 1. The van der Waals surface area contributed by atoms with Crippen molar-refractivity contribution in [2.75, 3.05) is 12.4 Å². The van der Waals surface area contributed by atoms with Gasteiger partial charge in [0.2, 0.25) is 0 Å². The molecule has 0 fully saturated rings. The maximum Gasteiger partial charge on any atom is 0.331 e. The summed E-state index contributed by atoms with van der Waals surface area (Å²) in [5, 5.41) is 22.7. The van der Waals surface area contributed by atoms with Crippen molar-refractivity contribution in [3.8, 4) is 17.7 Å². The van der Waals surface area contributed by atoms with Gasteiger partial charge >= 0.3 is 11.6 Å². The van der Waals surface area contributed by atoms with E-state index in [1.165, 1.54) is 18.2 Å². The van der Waals surface area contributed by atoms with Gasteiger partial charge in [0.05, 0.1) is 16.6 Å². The summed E-state index contributed by atoms with van der Waals surface area (Å²) >= 11 is 0. The Bertz CT molecular complexity index is 737. The van der Waals surface area contributed by atoms with Crippen LogP contribution in [0.25, 0.3) is 0 Å². The predicted molar refractivity (Wildman–Crippen MR) is 76.4 cm³/mol. The summed E-state index contributed by atoms with van der Waals surface area (Å²) < 4.78 is 5.54. The molecule has 1 N–H and O–H groups in total. The molecule has 0 spiro atoms. The third kappa shape index (κ3) is 3.06. The summed E-state index contributed by atoms with van der Waals surface area (Å²) in [5.41, 5.74) is 0.916. The number of ether oxygens (including phenoxy) is 1. The highest BCUT2D eigenvalue weighted by molar-refractivity contribution is 5.51. The minimum absolute atomic E-state index is 0.120. The van der Waals surface area contributed by atoms with E-state index in [0.717, 1.165) is 5.56 Å². The molecule has 1 aromatic carbocycles. The van der Waals surface area contributed by atoms with Crippen LogP contribution in [0.4, 0.5) is 11.5 Å². The summed E-state index contributed by atoms with van der Waals surface area (Å²) in [4.78, 5) is 14.5. The highest BCUT2D eigenvalue weighted by atomic mass is 16.6. The Morgan fingerprint density at radius 1 is 1.38 bits per heavy atom. The van der Waals surface area contributed by atoms with Gasteiger partial charge in [-0.25, -0.2) is 0 Å². The van der Waals surface area contributed by atoms with E-state index in [1.807, 2.05) is 6.07 Å². The van der Waals surface area contributed by atoms with Crippen molar-refractivity contribution >= 4 is 11.5 Å². The molecular formula is C14H12N4O3. The maximum absolute atomic E-state index is 11.0. The van der Waals surface area contributed by atoms with Gasteiger partial charge in [0, 0.05) is 13.1 Å². The fourth-order valence-corrected chi connectivity index (χ4v) is 1.67. The van der Waals surface area contributed by atoms with Crippen LogP contribution in [0.3, 0.4) is 0 Å². The van der Waals surface area contributed by atoms with E-state index >= 15 is 0 Å². The Labute approximate surface area is 121 Å². The van der Waals surface area contributed by atoms with Crippen LogP contribution in [0.2, 0.25) is 0 Å². The Hall–Kier alpha value is -3.14. The highest BCUT2D eigenvalue weighted by Gasteiger charge is 2.19. The molecule has 0 unspecified atom stereocenters. The quantitative estimate of drug-likeness (QED) is 0.684. The van der Waals surface area contributed by atoms with Crippen LogP contribution in [0.5, 0.6) is 11.6 Å². The van der Waals surface area contributed by atoms with Gasteiger partial charge in [0.25, 0.3) is 0 Å². The van der Waals surface area contributed by atoms with Gasteiger partial charge in [0.15, 0.2) is 0 Å². The molecule has 0 aliphatic rings. The van der Waals surface area contributed by atoms with Gasteiger partial charge in [-0.3, -0.25) is 10.1 Å². The molecule has 0 atom stereocenters. The lowest BCUT2D eigenvalue weighted by Gasteiger charge is -2.09. The summed E-state index contributed by atoms with van der Waals surface area (Å²) in [6.07, 6.45) is 0. The second kappa shape index (κ2) is 5.88. The van der Waals surface area contributed by atoms with Crippen molar-refractivity contribution in [2.24, 2.45) is 0 Å². The molecule has 2 aromatic rings. The first-order valence-electron chi connectivity index (χ1n) is 6.07. The Balaban J connectivity index is 2.47. The molecule has 1 heterocycles. The van der Waals surface area contributed by atoms with Crippen molar-refractivity contribution in [3.63, 3.8) is 0 Å². The highest BCUT2D eigenvalue weighted by Crippen LogP contribution is 2.32. The fourth-order valence-electron chi connectivity index (χ4n) is 1.67. The first kappa shape index (κ1) is 14.3. The number of hydrogen-bond donors (Lipinski definition) is 1. The average Bonchev–Trinajstić information content (AvgIpc) is 2.49. The van der Waals surface area contributed by atoms with Crippen LogP contribution >= 0.6 is 0 Å². The Morgan fingerprint density at radius 2 is 2.14 bits per heavy atom. The molecule has 0 radical (unpaired) electrons. The van der Waals surface area contributed by atoms with Crippen LogP contribution in [0.1, 0.15) is 11.1 Å². The third-order valence-electron chi connectivity index (χ3n) is 2.82. The second-order valence-corrected chi connectivity index (χ2v) is 4.22. The van der Waals surface area contributed by atoms with Gasteiger partial charge in [-0.15, -0.1) is 0 Å². The summed E-state index contributed by atoms with van der Waals surface area (Å²) in [6.45, 7) is 1.78. The van der Waals surface area contributed by atoms with Crippen molar-refractivity contribution in [2.45, 2.75) is 6.92 Å². The molecule has 0 bridgehead atoms. The Morgan fingerprint density at radius 3 is 2.76 bits per heavy atom. The topological polar surface area (TPSA) is 101 Å². The van der Waals surface area contributed by atoms with Crippen LogP contribution in [-0.2, 0) is 0 Å². The van der Waals surface area contributed by atoms with Crippen LogP contribution in [-0.4, -0.2) is 17.0 Å². The molecule has 2 rings (SSSR count). The SMILES string of the molecule is CNc1ccc([N+](=O)[O-])c(Oc2cc(C#N)ccc2C)n1. The van der Waals surface area contributed by atoms with Gasteiger partial charge in [-0.2, -0.15) is 10.2 Å². The fraction of sp³-hybridized carbons (Fsp3) is 0.143.